The van der Waals surface area contributed by atoms with Crippen molar-refractivity contribution in [2.24, 2.45) is 5.92 Å². The van der Waals surface area contributed by atoms with E-state index < -0.39 is 6.10 Å². The lowest BCUT2D eigenvalue weighted by molar-refractivity contribution is -0.167. The molecule has 6 heteroatoms. The van der Waals surface area contributed by atoms with Crippen molar-refractivity contribution in [2.45, 2.75) is 303 Å². The quantitative estimate of drug-likeness (QED) is 0.0345. The van der Waals surface area contributed by atoms with E-state index in [1.165, 1.54) is 186 Å². The molecule has 0 aromatic rings. The van der Waals surface area contributed by atoms with Gasteiger partial charge >= 0.3 is 17.9 Å². The Morgan fingerprint density at radius 1 is 0.322 bits per heavy atom. The molecule has 0 aliphatic carbocycles. The van der Waals surface area contributed by atoms with Gasteiger partial charge in [0, 0.05) is 19.3 Å². The van der Waals surface area contributed by atoms with Crippen LogP contribution in [0.2, 0.25) is 0 Å². The Kier molecular flexibility index (Phi) is 46.2. The van der Waals surface area contributed by atoms with Crippen molar-refractivity contribution < 1.29 is 28.6 Å². The van der Waals surface area contributed by atoms with Crippen LogP contribution in [-0.2, 0) is 28.6 Å². The largest absolute Gasteiger partial charge is 0.462 e. The maximum absolute atomic E-state index is 12.6. The summed E-state index contributed by atoms with van der Waals surface area (Å²) in [4.78, 5) is 37.7. The summed E-state index contributed by atoms with van der Waals surface area (Å²) in [6.45, 7) is 8.96. The number of hydrogen-bond donors (Lipinski definition) is 0. The Labute approximate surface area is 368 Å². The third-order valence-electron chi connectivity index (χ3n) is 12.0. The number of rotatable bonds is 48. The smallest absolute Gasteiger partial charge is 0.306 e. The van der Waals surface area contributed by atoms with Crippen LogP contribution in [0.5, 0.6) is 0 Å². The highest BCUT2D eigenvalue weighted by atomic mass is 16.6. The average Bonchev–Trinajstić information content (AvgIpc) is 3.22. The van der Waals surface area contributed by atoms with Crippen molar-refractivity contribution >= 4 is 17.9 Å². The first-order valence-corrected chi connectivity index (χ1v) is 26.4. The van der Waals surface area contributed by atoms with E-state index in [9.17, 15) is 14.4 Å². The summed E-state index contributed by atoms with van der Waals surface area (Å²) in [5.41, 5.74) is 0. The van der Waals surface area contributed by atoms with Gasteiger partial charge < -0.3 is 14.2 Å². The zero-order valence-electron chi connectivity index (χ0n) is 40.2. The molecular weight excluding hydrogens is 733 g/mol. The van der Waals surface area contributed by atoms with Gasteiger partial charge in [0.15, 0.2) is 6.10 Å². The fraction of sp³-hybridized carbons (Fsp3) is 0.943. The summed E-state index contributed by atoms with van der Waals surface area (Å²) in [6, 6.07) is 0. The van der Waals surface area contributed by atoms with Crippen LogP contribution < -0.4 is 0 Å². The Morgan fingerprint density at radius 2 is 0.559 bits per heavy atom. The van der Waals surface area contributed by atoms with Gasteiger partial charge in [0.05, 0.1) is 0 Å². The van der Waals surface area contributed by atoms with E-state index in [1.807, 2.05) is 0 Å². The number of carbonyl (C=O) groups excluding carboxylic acids is 3. The fourth-order valence-corrected chi connectivity index (χ4v) is 8.04. The van der Waals surface area contributed by atoms with Gasteiger partial charge in [-0.05, 0) is 25.2 Å². The van der Waals surface area contributed by atoms with Crippen LogP contribution in [0.3, 0.4) is 0 Å². The summed E-state index contributed by atoms with van der Waals surface area (Å²) < 4.78 is 16.7. The van der Waals surface area contributed by atoms with Crippen LogP contribution >= 0.6 is 0 Å². The van der Waals surface area contributed by atoms with Crippen LogP contribution in [0.1, 0.15) is 297 Å². The molecule has 0 saturated heterocycles. The van der Waals surface area contributed by atoms with Crippen LogP contribution in [0.15, 0.2) is 0 Å². The molecule has 0 saturated carbocycles. The summed E-state index contributed by atoms with van der Waals surface area (Å²) >= 11 is 0. The van der Waals surface area contributed by atoms with Crippen LogP contribution in [-0.4, -0.2) is 37.2 Å². The lowest BCUT2D eigenvalue weighted by Gasteiger charge is -2.18. The van der Waals surface area contributed by atoms with E-state index in [0.717, 1.165) is 70.1 Å². The average molecular weight is 835 g/mol. The minimum absolute atomic E-state index is 0.0642. The van der Waals surface area contributed by atoms with Crippen molar-refractivity contribution in [1.82, 2.24) is 0 Å². The number of esters is 3. The van der Waals surface area contributed by atoms with E-state index in [-0.39, 0.29) is 31.1 Å². The van der Waals surface area contributed by atoms with Gasteiger partial charge in [0.1, 0.15) is 13.2 Å². The fourth-order valence-electron chi connectivity index (χ4n) is 8.04. The highest BCUT2D eigenvalue weighted by Gasteiger charge is 2.19. The van der Waals surface area contributed by atoms with Crippen molar-refractivity contribution in [2.75, 3.05) is 13.2 Å². The first kappa shape index (κ1) is 57.4. The third-order valence-corrected chi connectivity index (χ3v) is 12.0. The summed E-state index contributed by atoms with van der Waals surface area (Å²) in [5, 5.41) is 0. The van der Waals surface area contributed by atoms with E-state index in [0.29, 0.717) is 19.3 Å². The molecule has 0 aliphatic heterocycles. The topological polar surface area (TPSA) is 78.9 Å². The van der Waals surface area contributed by atoms with Crippen molar-refractivity contribution in [3.8, 4) is 0 Å². The molecule has 0 aromatic heterocycles. The monoisotopic (exact) mass is 835 g/mol. The molecule has 6 nitrogen and oxygen atoms in total. The third kappa shape index (κ3) is 47.3. The second-order valence-electron chi connectivity index (χ2n) is 18.6. The van der Waals surface area contributed by atoms with Gasteiger partial charge in [-0.15, -0.1) is 0 Å². The molecule has 0 radical (unpaired) electrons. The second-order valence-corrected chi connectivity index (χ2v) is 18.6. The zero-order chi connectivity index (χ0) is 43.1. The molecular formula is C53H102O6. The lowest BCUT2D eigenvalue weighted by Crippen LogP contribution is -2.30. The molecule has 0 spiro atoms. The van der Waals surface area contributed by atoms with E-state index in [4.69, 9.17) is 14.2 Å². The Hall–Kier alpha value is -1.59. The van der Waals surface area contributed by atoms with Gasteiger partial charge in [-0.25, -0.2) is 0 Å². The molecule has 59 heavy (non-hydrogen) atoms. The van der Waals surface area contributed by atoms with Crippen molar-refractivity contribution in [3.63, 3.8) is 0 Å². The minimum Gasteiger partial charge on any atom is -0.462 e. The van der Waals surface area contributed by atoms with Crippen LogP contribution in [0.4, 0.5) is 0 Å². The number of hydrogen-bond acceptors (Lipinski definition) is 6. The summed E-state index contributed by atoms with van der Waals surface area (Å²) in [5.74, 6) is -0.0143. The second kappa shape index (κ2) is 47.5. The molecule has 0 aromatic carbocycles. The van der Waals surface area contributed by atoms with Gasteiger partial charge in [-0.1, -0.05) is 259 Å². The number of unbranched alkanes of at least 4 members (excludes halogenated alkanes) is 35. The molecule has 0 heterocycles. The Balaban J connectivity index is 4.03. The molecule has 0 rings (SSSR count). The molecule has 0 fully saturated rings. The highest BCUT2D eigenvalue weighted by Crippen LogP contribution is 2.17. The van der Waals surface area contributed by atoms with Gasteiger partial charge in [-0.3, -0.25) is 14.4 Å². The van der Waals surface area contributed by atoms with Crippen molar-refractivity contribution in [3.05, 3.63) is 0 Å². The normalized spacial score (nSPS) is 11.9. The van der Waals surface area contributed by atoms with Gasteiger partial charge in [0.25, 0.3) is 0 Å². The first-order valence-electron chi connectivity index (χ1n) is 26.4. The predicted molar refractivity (Wildman–Crippen MR) is 252 cm³/mol. The summed E-state index contributed by atoms with van der Waals surface area (Å²) in [7, 11) is 0. The van der Waals surface area contributed by atoms with E-state index in [2.05, 4.69) is 27.7 Å². The molecule has 0 amide bonds. The van der Waals surface area contributed by atoms with Crippen LogP contribution in [0.25, 0.3) is 0 Å². The molecule has 350 valence electrons. The highest BCUT2D eigenvalue weighted by molar-refractivity contribution is 5.71. The molecule has 1 atom stereocenters. The molecule has 0 bridgehead atoms. The lowest BCUT2D eigenvalue weighted by atomic mass is 10.0. The molecule has 0 N–H and O–H groups in total. The summed E-state index contributed by atoms with van der Waals surface area (Å²) in [6.07, 6.45) is 49.9. The number of ether oxygens (including phenoxy) is 3. The standard InChI is InChI=1S/C53H102O6/c1-5-7-9-11-12-13-14-15-16-17-18-19-20-24-27-30-33-37-40-44-51(54)57-47-50(59-53(56)46-42-35-10-8-6-2)48-58-52(55)45-41-38-34-31-28-25-22-21-23-26-29-32-36-39-43-49(3)4/h49-50H,5-48H2,1-4H3/t50-/m1/s1. The molecule has 0 unspecified atom stereocenters. The maximum Gasteiger partial charge on any atom is 0.306 e. The minimum atomic E-state index is -0.758. The number of carbonyl (C=O) groups is 3. The van der Waals surface area contributed by atoms with Gasteiger partial charge in [0.2, 0.25) is 0 Å². The SMILES string of the molecule is CCCCCCCCCCCCCCCCCCCCCC(=O)OC[C@H](COC(=O)CCCCCCCCCCCCCCCCC(C)C)OC(=O)CCCCCCC. The van der Waals surface area contributed by atoms with Gasteiger partial charge in [-0.2, -0.15) is 0 Å². The Bertz CT molecular complexity index is 887. The maximum atomic E-state index is 12.6. The van der Waals surface area contributed by atoms with E-state index >= 15 is 0 Å². The zero-order valence-corrected chi connectivity index (χ0v) is 40.2. The Morgan fingerprint density at radius 3 is 0.831 bits per heavy atom. The first-order chi connectivity index (χ1) is 28.9. The van der Waals surface area contributed by atoms with Crippen LogP contribution in [0, 0.1) is 5.92 Å². The van der Waals surface area contributed by atoms with E-state index in [1.54, 1.807) is 0 Å². The van der Waals surface area contributed by atoms with Crippen molar-refractivity contribution in [1.29, 1.82) is 0 Å². The molecule has 0 aliphatic rings. The predicted octanol–water partition coefficient (Wildman–Crippen LogP) is 17.1.